The third-order valence-corrected chi connectivity index (χ3v) is 7.35. The maximum atomic E-state index is 13.1. The molecule has 2 aromatic rings. The van der Waals surface area contributed by atoms with Crippen LogP contribution in [0.2, 0.25) is 0 Å². The number of hydrogen-bond acceptors (Lipinski definition) is 5. The Balaban J connectivity index is 1.64. The van der Waals surface area contributed by atoms with E-state index in [2.05, 4.69) is 14.9 Å². The molecule has 1 heterocycles. The summed E-state index contributed by atoms with van der Waals surface area (Å²) in [5, 5.41) is 3.31. The third kappa shape index (κ3) is 4.70. The number of anilines is 2. The van der Waals surface area contributed by atoms with Gasteiger partial charge in [0.05, 0.1) is 10.5 Å². The molecule has 0 aromatic heterocycles. The van der Waals surface area contributed by atoms with Crippen molar-refractivity contribution in [1.82, 2.24) is 10.2 Å². The van der Waals surface area contributed by atoms with E-state index in [9.17, 15) is 13.2 Å². The molecule has 166 valence electrons. The standard InChI is InChI=1S/C23H30N4O3S/c1-26(2)23(28)21-16-19(8-10-22(21)27-13-11-24-12-14-27)25-31(29,30)20-9-7-17-5-3-4-6-18(17)15-20/h7-10,15-16,24-25H,3-6,11-14H2,1-2H3. The summed E-state index contributed by atoms with van der Waals surface area (Å²) in [6.45, 7) is 3.30. The Kier molecular flexibility index (Phi) is 6.20. The van der Waals surface area contributed by atoms with Crippen LogP contribution < -0.4 is 14.9 Å². The van der Waals surface area contributed by atoms with Crippen molar-refractivity contribution >= 4 is 27.3 Å². The van der Waals surface area contributed by atoms with Gasteiger partial charge in [0.25, 0.3) is 15.9 Å². The fraction of sp³-hybridized carbons (Fsp3) is 0.435. The van der Waals surface area contributed by atoms with Gasteiger partial charge in [-0.25, -0.2) is 8.42 Å². The molecule has 0 spiro atoms. The molecule has 0 saturated carbocycles. The molecular weight excluding hydrogens is 412 g/mol. The van der Waals surface area contributed by atoms with Gasteiger partial charge < -0.3 is 15.1 Å². The van der Waals surface area contributed by atoms with Crippen LogP contribution in [0.15, 0.2) is 41.3 Å². The molecule has 1 fully saturated rings. The first-order valence-corrected chi connectivity index (χ1v) is 12.3. The van der Waals surface area contributed by atoms with Gasteiger partial charge in [-0.15, -0.1) is 0 Å². The van der Waals surface area contributed by atoms with Crippen molar-refractivity contribution in [3.63, 3.8) is 0 Å². The number of sulfonamides is 1. The van der Waals surface area contributed by atoms with Gasteiger partial charge in [-0.2, -0.15) is 0 Å². The van der Waals surface area contributed by atoms with E-state index in [-0.39, 0.29) is 10.8 Å². The number of nitrogens with one attached hydrogen (secondary N) is 2. The van der Waals surface area contributed by atoms with E-state index in [0.29, 0.717) is 11.3 Å². The number of carbonyl (C=O) groups excluding carboxylic acids is 1. The van der Waals surface area contributed by atoms with Crippen molar-refractivity contribution in [2.24, 2.45) is 0 Å². The second kappa shape index (κ2) is 8.88. The molecule has 2 aromatic carbocycles. The predicted octanol–water partition coefficient (Wildman–Crippen LogP) is 2.48. The molecule has 0 radical (unpaired) electrons. The van der Waals surface area contributed by atoms with Gasteiger partial charge >= 0.3 is 0 Å². The zero-order chi connectivity index (χ0) is 22.0. The van der Waals surface area contributed by atoms with Gasteiger partial charge in [0.1, 0.15) is 0 Å². The van der Waals surface area contributed by atoms with Crippen molar-refractivity contribution in [2.45, 2.75) is 30.6 Å². The average molecular weight is 443 g/mol. The van der Waals surface area contributed by atoms with Crippen LogP contribution in [0, 0.1) is 0 Å². The zero-order valence-corrected chi connectivity index (χ0v) is 19.0. The van der Waals surface area contributed by atoms with E-state index in [1.807, 2.05) is 12.1 Å². The lowest BCUT2D eigenvalue weighted by molar-refractivity contribution is 0.0828. The highest BCUT2D eigenvalue weighted by Crippen LogP contribution is 2.29. The number of carbonyl (C=O) groups is 1. The van der Waals surface area contributed by atoms with E-state index in [1.54, 1.807) is 38.4 Å². The number of hydrogen-bond donors (Lipinski definition) is 2. The Morgan fingerprint density at radius 3 is 2.42 bits per heavy atom. The molecule has 2 N–H and O–H groups in total. The fourth-order valence-corrected chi connectivity index (χ4v) is 5.38. The summed E-state index contributed by atoms with van der Waals surface area (Å²) >= 11 is 0. The largest absolute Gasteiger partial charge is 0.368 e. The van der Waals surface area contributed by atoms with Crippen molar-refractivity contribution < 1.29 is 13.2 Å². The van der Waals surface area contributed by atoms with Crippen LogP contribution in [0.25, 0.3) is 0 Å². The fourth-order valence-electron chi connectivity index (χ4n) is 4.28. The first kappa shape index (κ1) is 21.6. The molecule has 1 saturated heterocycles. The molecule has 1 aliphatic carbocycles. The molecule has 8 heteroatoms. The average Bonchev–Trinajstić information content (AvgIpc) is 2.78. The van der Waals surface area contributed by atoms with Crippen LogP contribution in [0.4, 0.5) is 11.4 Å². The molecule has 1 aliphatic heterocycles. The summed E-state index contributed by atoms with van der Waals surface area (Å²) in [7, 11) is -0.341. The minimum absolute atomic E-state index is 0.150. The molecule has 2 aliphatic rings. The minimum Gasteiger partial charge on any atom is -0.368 e. The lowest BCUT2D eigenvalue weighted by Crippen LogP contribution is -2.44. The summed E-state index contributed by atoms with van der Waals surface area (Å²) in [6.07, 6.45) is 4.17. The number of amides is 1. The molecule has 0 atom stereocenters. The van der Waals surface area contributed by atoms with Gasteiger partial charge in [-0.05, 0) is 67.1 Å². The lowest BCUT2D eigenvalue weighted by Gasteiger charge is -2.31. The molecule has 7 nitrogen and oxygen atoms in total. The smallest absolute Gasteiger partial charge is 0.261 e. The molecule has 0 bridgehead atoms. The van der Waals surface area contributed by atoms with E-state index >= 15 is 0 Å². The van der Waals surface area contributed by atoms with Gasteiger partial charge in [0, 0.05) is 51.6 Å². The lowest BCUT2D eigenvalue weighted by atomic mass is 9.92. The number of benzene rings is 2. The minimum atomic E-state index is -3.75. The second-order valence-electron chi connectivity index (χ2n) is 8.41. The van der Waals surface area contributed by atoms with Crippen LogP contribution in [-0.2, 0) is 22.9 Å². The van der Waals surface area contributed by atoms with Crippen LogP contribution >= 0.6 is 0 Å². The first-order chi connectivity index (χ1) is 14.8. The predicted molar refractivity (Wildman–Crippen MR) is 123 cm³/mol. The molecule has 1 amide bonds. The third-order valence-electron chi connectivity index (χ3n) is 5.97. The quantitative estimate of drug-likeness (QED) is 0.744. The van der Waals surface area contributed by atoms with Crippen molar-refractivity contribution in [1.29, 1.82) is 0 Å². The molecule has 0 unspecified atom stereocenters. The summed E-state index contributed by atoms with van der Waals surface area (Å²) < 4.78 is 28.8. The van der Waals surface area contributed by atoms with E-state index in [1.165, 1.54) is 10.5 Å². The molecule has 31 heavy (non-hydrogen) atoms. The zero-order valence-electron chi connectivity index (χ0n) is 18.1. The normalized spacial score (nSPS) is 16.5. The van der Waals surface area contributed by atoms with Gasteiger partial charge in [0.2, 0.25) is 0 Å². The Bertz CT molecular complexity index is 1080. The topological polar surface area (TPSA) is 81.8 Å². The Labute approximate surface area is 184 Å². The van der Waals surface area contributed by atoms with E-state index in [0.717, 1.165) is 63.1 Å². The van der Waals surface area contributed by atoms with Crippen molar-refractivity contribution in [3.8, 4) is 0 Å². The number of piperazine rings is 1. The maximum Gasteiger partial charge on any atom is 0.261 e. The van der Waals surface area contributed by atoms with Gasteiger partial charge in [-0.1, -0.05) is 6.07 Å². The Morgan fingerprint density at radius 1 is 1.00 bits per heavy atom. The summed E-state index contributed by atoms with van der Waals surface area (Å²) in [5.74, 6) is -0.150. The number of fused-ring (bicyclic) bond motifs is 1. The summed E-state index contributed by atoms with van der Waals surface area (Å²) in [5.41, 5.74) is 4.08. The van der Waals surface area contributed by atoms with Crippen LogP contribution in [0.3, 0.4) is 0 Å². The Morgan fingerprint density at radius 2 is 1.71 bits per heavy atom. The van der Waals surface area contributed by atoms with E-state index < -0.39 is 10.0 Å². The van der Waals surface area contributed by atoms with Gasteiger partial charge in [0.15, 0.2) is 0 Å². The van der Waals surface area contributed by atoms with Crippen molar-refractivity contribution in [3.05, 3.63) is 53.1 Å². The van der Waals surface area contributed by atoms with Crippen LogP contribution in [0.5, 0.6) is 0 Å². The summed E-state index contributed by atoms with van der Waals surface area (Å²) in [6, 6.07) is 10.6. The van der Waals surface area contributed by atoms with Crippen LogP contribution in [-0.4, -0.2) is 59.5 Å². The molecular formula is C23H30N4O3S. The highest BCUT2D eigenvalue weighted by atomic mass is 32.2. The maximum absolute atomic E-state index is 13.1. The number of aryl methyl sites for hydroxylation is 2. The number of rotatable bonds is 5. The van der Waals surface area contributed by atoms with E-state index in [4.69, 9.17) is 0 Å². The highest BCUT2D eigenvalue weighted by Gasteiger charge is 2.22. The Hall–Kier alpha value is -2.58. The SMILES string of the molecule is CN(C)C(=O)c1cc(NS(=O)(=O)c2ccc3c(c2)CCCC3)ccc1N1CCNCC1. The molecule has 4 rings (SSSR count). The van der Waals surface area contributed by atoms with Crippen molar-refractivity contribution in [2.75, 3.05) is 49.9 Å². The summed E-state index contributed by atoms with van der Waals surface area (Å²) in [4.78, 5) is 16.8. The first-order valence-electron chi connectivity index (χ1n) is 10.8. The van der Waals surface area contributed by atoms with Gasteiger partial charge in [-0.3, -0.25) is 9.52 Å². The monoisotopic (exact) mass is 442 g/mol. The highest BCUT2D eigenvalue weighted by molar-refractivity contribution is 7.92. The number of nitrogens with zero attached hydrogens (tertiary/aromatic N) is 2. The van der Waals surface area contributed by atoms with Crippen LogP contribution in [0.1, 0.15) is 34.3 Å². The second-order valence-corrected chi connectivity index (χ2v) is 10.1.